The third-order valence-corrected chi connectivity index (χ3v) is 8.22. The van der Waals surface area contributed by atoms with Crippen LogP contribution in [-0.2, 0) is 19.0 Å². The summed E-state index contributed by atoms with van der Waals surface area (Å²) in [6.07, 6.45) is 8.02. The van der Waals surface area contributed by atoms with Crippen molar-refractivity contribution in [3.8, 4) is 0 Å². The molecule has 3 aliphatic rings. The van der Waals surface area contributed by atoms with Crippen LogP contribution in [0, 0.1) is 17.8 Å². The Bertz CT molecular complexity index is 561. The second kappa shape index (κ2) is 14.0. The van der Waals surface area contributed by atoms with Gasteiger partial charge in [-0.1, -0.05) is 13.8 Å². The van der Waals surface area contributed by atoms with Crippen LogP contribution in [0.2, 0.25) is 0 Å². The van der Waals surface area contributed by atoms with Crippen molar-refractivity contribution in [2.24, 2.45) is 17.8 Å². The number of rotatable bonds is 11. The predicted octanol–water partition coefficient (Wildman–Crippen LogP) is 1.94. The van der Waals surface area contributed by atoms with Gasteiger partial charge in [-0.15, -0.1) is 0 Å². The van der Waals surface area contributed by atoms with E-state index in [4.69, 9.17) is 14.2 Å². The lowest BCUT2D eigenvalue weighted by molar-refractivity contribution is -0.154. The molecule has 8 nitrogen and oxygen atoms in total. The maximum absolute atomic E-state index is 12.3. The summed E-state index contributed by atoms with van der Waals surface area (Å²) in [7, 11) is 3.32. The molecule has 8 heteroatoms. The monoisotopic (exact) mass is 468 g/mol. The third-order valence-electron chi connectivity index (χ3n) is 8.22. The number of nitrogens with one attached hydrogen (secondary N) is 3. The number of carbonyl (C=O) groups excluding carboxylic acids is 1. The summed E-state index contributed by atoms with van der Waals surface area (Å²) in [6.45, 7) is 10.0. The number of hydrogen-bond donors (Lipinski definition) is 3. The smallest absolute Gasteiger partial charge is 0.311 e. The lowest BCUT2D eigenvalue weighted by Gasteiger charge is -2.41. The summed E-state index contributed by atoms with van der Waals surface area (Å²) >= 11 is 0. The molecule has 1 aliphatic heterocycles. The van der Waals surface area contributed by atoms with Crippen molar-refractivity contribution in [3.05, 3.63) is 0 Å². The number of hydrogen-bond acceptors (Lipinski definition) is 8. The van der Waals surface area contributed by atoms with Gasteiger partial charge in [0.15, 0.2) is 0 Å². The Hall–Kier alpha value is -0.770. The fourth-order valence-electron chi connectivity index (χ4n) is 5.92. The molecule has 1 saturated heterocycles. The van der Waals surface area contributed by atoms with Crippen LogP contribution in [0.3, 0.4) is 0 Å². The summed E-state index contributed by atoms with van der Waals surface area (Å²) in [5.41, 5.74) is 0. The number of nitrogens with zero attached hydrogens (tertiary/aromatic N) is 1. The first-order valence-electron chi connectivity index (χ1n) is 13.2. The van der Waals surface area contributed by atoms with Gasteiger partial charge in [0.25, 0.3) is 0 Å². The van der Waals surface area contributed by atoms with Gasteiger partial charge in [-0.2, -0.15) is 0 Å². The molecule has 0 bridgehead atoms. The standard InChI is InChI=1S/C25H48N4O4/c1-5-29(6-2)13-14-33-23-15-20(9-12-22(23)24(30)32-4)28-25-26-16-19(17-27-25)18-7-10-21(31-3)11-8-18/h18-23,25-28H,5-17H2,1-4H3. The molecule has 1 heterocycles. The van der Waals surface area contributed by atoms with Crippen molar-refractivity contribution in [1.29, 1.82) is 0 Å². The van der Waals surface area contributed by atoms with Gasteiger partial charge < -0.3 is 19.1 Å². The van der Waals surface area contributed by atoms with Crippen LogP contribution in [0.25, 0.3) is 0 Å². The Labute approximate surface area is 200 Å². The van der Waals surface area contributed by atoms with Crippen LogP contribution < -0.4 is 16.0 Å². The lowest BCUT2D eigenvalue weighted by Crippen LogP contribution is -2.63. The average Bonchev–Trinajstić information content (AvgIpc) is 2.87. The molecule has 0 aromatic rings. The Balaban J connectivity index is 1.43. The van der Waals surface area contributed by atoms with Crippen molar-refractivity contribution >= 4 is 5.97 Å². The maximum atomic E-state index is 12.3. The number of methoxy groups -OCH3 is 2. The second-order valence-corrected chi connectivity index (χ2v) is 10.0. The van der Waals surface area contributed by atoms with E-state index in [0.717, 1.165) is 57.9 Å². The topological polar surface area (TPSA) is 84.1 Å². The molecule has 3 atom stereocenters. The van der Waals surface area contributed by atoms with E-state index in [2.05, 4.69) is 34.7 Å². The SMILES string of the molecule is CCN(CC)CCOC1CC(NC2NCC(C3CCC(OC)CC3)CN2)CCC1C(=O)OC. The molecule has 33 heavy (non-hydrogen) atoms. The second-order valence-electron chi connectivity index (χ2n) is 10.0. The fourth-order valence-corrected chi connectivity index (χ4v) is 5.92. The van der Waals surface area contributed by atoms with E-state index in [0.29, 0.717) is 24.7 Å². The average molecular weight is 469 g/mol. The zero-order chi connectivity index (χ0) is 23.6. The van der Waals surface area contributed by atoms with E-state index in [1.54, 1.807) is 0 Å². The van der Waals surface area contributed by atoms with Gasteiger partial charge in [0.1, 0.15) is 6.29 Å². The number of carbonyl (C=O) groups is 1. The predicted molar refractivity (Wildman–Crippen MR) is 130 cm³/mol. The van der Waals surface area contributed by atoms with Crippen LogP contribution in [0.5, 0.6) is 0 Å². The van der Waals surface area contributed by atoms with Crippen molar-refractivity contribution in [2.75, 3.05) is 53.6 Å². The summed E-state index contributed by atoms with van der Waals surface area (Å²) in [5.74, 6) is 1.17. The Morgan fingerprint density at radius 1 is 0.970 bits per heavy atom. The van der Waals surface area contributed by atoms with Crippen molar-refractivity contribution in [3.63, 3.8) is 0 Å². The highest BCUT2D eigenvalue weighted by molar-refractivity contribution is 5.73. The Morgan fingerprint density at radius 2 is 1.67 bits per heavy atom. The highest BCUT2D eigenvalue weighted by atomic mass is 16.5. The van der Waals surface area contributed by atoms with Crippen molar-refractivity contribution in [1.82, 2.24) is 20.9 Å². The minimum Gasteiger partial charge on any atom is -0.469 e. The van der Waals surface area contributed by atoms with E-state index in [9.17, 15) is 4.79 Å². The Morgan fingerprint density at radius 3 is 2.27 bits per heavy atom. The summed E-state index contributed by atoms with van der Waals surface area (Å²) < 4.78 is 16.9. The van der Waals surface area contributed by atoms with E-state index in [1.165, 1.54) is 32.8 Å². The van der Waals surface area contributed by atoms with Crippen LogP contribution in [-0.4, -0.2) is 89.0 Å². The zero-order valence-corrected chi connectivity index (χ0v) is 21.3. The summed E-state index contributed by atoms with van der Waals surface area (Å²) in [4.78, 5) is 14.7. The van der Waals surface area contributed by atoms with E-state index in [1.807, 2.05) is 7.11 Å². The molecular formula is C25H48N4O4. The quantitative estimate of drug-likeness (QED) is 0.397. The largest absolute Gasteiger partial charge is 0.469 e. The lowest BCUT2D eigenvalue weighted by atomic mass is 9.78. The van der Waals surface area contributed by atoms with Gasteiger partial charge in [-0.3, -0.25) is 20.7 Å². The third kappa shape index (κ3) is 7.87. The van der Waals surface area contributed by atoms with Crippen molar-refractivity contribution < 1.29 is 19.0 Å². The molecule has 3 unspecified atom stereocenters. The maximum Gasteiger partial charge on any atom is 0.311 e. The molecule has 192 valence electrons. The minimum atomic E-state index is -0.163. The molecular weight excluding hydrogens is 420 g/mol. The highest BCUT2D eigenvalue weighted by Gasteiger charge is 2.38. The normalized spacial score (nSPS) is 35.5. The van der Waals surface area contributed by atoms with Gasteiger partial charge >= 0.3 is 5.97 Å². The number of esters is 1. The molecule has 3 rings (SSSR count). The van der Waals surface area contributed by atoms with Crippen LogP contribution >= 0.6 is 0 Å². The van der Waals surface area contributed by atoms with E-state index < -0.39 is 0 Å². The molecule has 3 N–H and O–H groups in total. The molecule has 0 radical (unpaired) electrons. The zero-order valence-electron chi connectivity index (χ0n) is 21.3. The van der Waals surface area contributed by atoms with Gasteiger partial charge in [0.05, 0.1) is 31.8 Å². The van der Waals surface area contributed by atoms with Crippen molar-refractivity contribution in [2.45, 2.75) is 83.3 Å². The molecule has 0 spiro atoms. The first-order chi connectivity index (χ1) is 16.1. The van der Waals surface area contributed by atoms with Gasteiger partial charge in [-0.05, 0) is 69.9 Å². The summed E-state index contributed by atoms with van der Waals surface area (Å²) in [6, 6.07) is 0.322. The number of likely N-dealkylation sites (N-methyl/N-ethyl adjacent to an activating group) is 1. The molecule has 2 saturated carbocycles. The molecule has 3 fully saturated rings. The molecule has 0 aromatic carbocycles. The number of ether oxygens (including phenoxy) is 3. The molecule has 2 aliphatic carbocycles. The first-order valence-corrected chi connectivity index (χ1v) is 13.2. The van der Waals surface area contributed by atoms with Gasteiger partial charge in [-0.25, -0.2) is 0 Å². The van der Waals surface area contributed by atoms with Gasteiger partial charge in [0, 0.05) is 32.8 Å². The molecule has 0 aromatic heterocycles. The first kappa shape index (κ1) is 26.8. The van der Waals surface area contributed by atoms with Crippen LogP contribution in [0.15, 0.2) is 0 Å². The van der Waals surface area contributed by atoms with E-state index in [-0.39, 0.29) is 24.3 Å². The van der Waals surface area contributed by atoms with Crippen LogP contribution in [0.4, 0.5) is 0 Å². The van der Waals surface area contributed by atoms with E-state index >= 15 is 0 Å². The minimum absolute atomic E-state index is 0.0911. The fraction of sp³-hybridized carbons (Fsp3) is 0.960. The highest BCUT2D eigenvalue weighted by Crippen LogP contribution is 2.32. The summed E-state index contributed by atoms with van der Waals surface area (Å²) in [5, 5.41) is 11.1. The Kier molecular flexibility index (Phi) is 11.3. The molecule has 0 amide bonds. The van der Waals surface area contributed by atoms with Crippen LogP contribution in [0.1, 0.15) is 58.8 Å². The van der Waals surface area contributed by atoms with Gasteiger partial charge in [0.2, 0.25) is 0 Å².